The van der Waals surface area contributed by atoms with Gasteiger partial charge in [0.1, 0.15) is 0 Å². The van der Waals surface area contributed by atoms with E-state index < -0.39 is 5.97 Å². The Balaban J connectivity index is 1.82. The lowest BCUT2D eigenvalue weighted by Crippen LogP contribution is -2.16. The summed E-state index contributed by atoms with van der Waals surface area (Å²) in [5.74, 6) is -0.712. The number of ketones is 1. The summed E-state index contributed by atoms with van der Waals surface area (Å²) in [5, 5.41) is 0.720. The number of hydrogen-bond donors (Lipinski definition) is 0. The summed E-state index contributed by atoms with van der Waals surface area (Å²) in [6.07, 6.45) is 0. The quantitative estimate of drug-likeness (QED) is 0.515. The number of para-hydroxylation sites is 1. The van der Waals surface area contributed by atoms with Crippen LogP contribution in [0.25, 0.3) is 10.9 Å². The molecule has 0 fully saturated rings. The lowest BCUT2D eigenvalue weighted by Gasteiger charge is -2.11. The van der Waals surface area contributed by atoms with E-state index in [-0.39, 0.29) is 12.4 Å². The molecular formula is C22H21NO3. The fraction of sp³-hybridized carbons (Fsp3) is 0.227. The zero-order valence-electron chi connectivity index (χ0n) is 15.4. The maximum Gasteiger partial charge on any atom is 0.339 e. The third-order valence-electron chi connectivity index (χ3n) is 4.54. The van der Waals surface area contributed by atoms with Crippen molar-refractivity contribution < 1.29 is 14.3 Å². The van der Waals surface area contributed by atoms with Gasteiger partial charge in [0.2, 0.25) is 5.78 Å². The first-order valence-electron chi connectivity index (χ1n) is 8.51. The predicted molar refractivity (Wildman–Crippen MR) is 102 cm³/mol. The van der Waals surface area contributed by atoms with E-state index in [0.717, 1.165) is 33.3 Å². The summed E-state index contributed by atoms with van der Waals surface area (Å²) in [4.78, 5) is 29.5. The molecule has 0 aliphatic heterocycles. The SMILES string of the molecule is Cc1cc(C(=O)OCC(=O)c2cc(C)c(C)cc2C)c2ccccc2n1. The number of fused-ring (bicyclic) bond motifs is 1. The molecular weight excluding hydrogens is 326 g/mol. The molecule has 0 aliphatic rings. The van der Waals surface area contributed by atoms with E-state index in [2.05, 4.69) is 4.98 Å². The highest BCUT2D eigenvalue weighted by Gasteiger charge is 2.17. The molecule has 3 aromatic rings. The smallest absolute Gasteiger partial charge is 0.339 e. The molecule has 0 N–H and O–H groups in total. The van der Waals surface area contributed by atoms with Crippen molar-refractivity contribution in [2.75, 3.05) is 6.61 Å². The molecule has 0 unspecified atom stereocenters. The van der Waals surface area contributed by atoms with Crippen molar-refractivity contribution in [1.29, 1.82) is 0 Å². The van der Waals surface area contributed by atoms with Crippen molar-refractivity contribution in [2.45, 2.75) is 27.7 Å². The second-order valence-electron chi connectivity index (χ2n) is 6.58. The van der Waals surface area contributed by atoms with Gasteiger partial charge >= 0.3 is 5.97 Å². The Hall–Kier alpha value is -3.01. The van der Waals surface area contributed by atoms with Gasteiger partial charge in [-0.2, -0.15) is 0 Å². The van der Waals surface area contributed by atoms with Gasteiger partial charge in [0.25, 0.3) is 0 Å². The van der Waals surface area contributed by atoms with Crippen molar-refractivity contribution in [1.82, 2.24) is 4.98 Å². The summed E-state index contributed by atoms with van der Waals surface area (Å²) in [6.45, 7) is 7.41. The molecule has 2 aromatic carbocycles. The van der Waals surface area contributed by atoms with Gasteiger partial charge < -0.3 is 4.74 Å². The first-order chi connectivity index (χ1) is 12.4. The van der Waals surface area contributed by atoms with E-state index in [1.807, 2.05) is 64.1 Å². The number of rotatable bonds is 4. The summed E-state index contributed by atoms with van der Waals surface area (Å²) < 4.78 is 5.32. The van der Waals surface area contributed by atoms with Crippen LogP contribution in [0.3, 0.4) is 0 Å². The highest BCUT2D eigenvalue weighted by atomic mass is 16.5. The maximum atomic E-state index is 12.6. The Morgan fingerprint density at radius 1 is 0.885 bits per heavy atom. The number of carbonyl (C=O) groups excluding carboxylic acids is 2. The fourth-order valence-electron chi connectivity index (χ4n) is 3.02. The Morgan fingerprint density at radius 3 is 2.35 bits per heavy atom. The van der Waals surface area contributed by atoms with Gasteiger partial charge in [0.05, 0.1) is 11.1 Å². The van der Waals surface area contributed by atoms with E-state index in [9.17, 15) is 9.59 Å². The molecule has 1 aromatic heterocycles. The molecule has 26 heavy (non-hydrogen) atoms. The van der Waals surface area contributed by atoms with Crippen LogP contribution in [0.1, 0.15) is 43.1 Å². The zero-order chi connectivity index (χ0) is 18.8. The first kappa shape index (κ1) is 17.8. The molecule has 0 atom stereocenters. The number of pyridine rings is 1. The van der Waals surface area contributed by atoms with Crippen LogP contribution >= 0.6 is 0 Å². The Bertz CT molecular complexity index is 1020. The second kappa shape index (κ2) is 7.08. The number of nitrogens with zero attached hydrogens (tertiary/aromatic N) is 1. The van der Waals surface area contributed by atoms with Crippen molar-refractivity contribution in [2.24, 2.45) is 0 Å². The molecule has 0 saturated heterocycles. The van der Waals surface area contributed by atoms with Gasteiger partial charge in [-0.15, -0.1) is 0 Å². The monoisotopic (exact) mass is 347 g/mol. The highest BCUT2D eigenvalue weighted by Crippen LogP contribution is 2.20. The molecule has 0 saturated carbocycles. The van der Waals surface area contributed by atoms with E-state index in [0.29, 0.717) is 11.1 Å². The normalized spacial score (nSPS) is 10.8. The van der Waals surface area contributed by atoms with E-state index in [4.69, 9.17) is 4.74 Å². The summed E-state index contributed by atoms with van der Waals surface area (Å²) in [7, 11) is 0. The number of ether oxygens (including phenoxy) is 1. The molecule has 4 nitrogen and oxygen atoms in total. The lowest BCUT2D eigenvalue weighted by atomic mass is 9.98. The summed E-state index contributed by atoms with van der Waals surface area (Å²) >= 11 is 0. The lowest BCUT2D eigenvalue weighted by molar-refractivity contribution is 0.0476. The number of aromatic nitrogens is 1. The van der Waals surface area contributed by atoms with Gasteiger partial charge in [-0.05, 0) is 62.6 Å². The Kier molecular flexibility index (Phi) is 4.85. The van der Waals surface area contributed by atoms with E-state index in [1.54, 1.807) is 6.07 Å². The molecule has 4 heteroatoms. The largest absolute Gasteiger partial charge is 0.454 e. The van der Waals surface area contributed by atoms with Crippen LogP contribution in [0, 0.1) is 27.7 Å². The van der Waals surface area contributed by atoms with Crippen molar-refractivity contribution in [3.05, 3.63) is 76.0 Å². The van der Waals surface area contributed by atoms with Gasteiger partial charge in [-0.1, -0.05) is 24.3 Å². The maximum absolute atomic E-state index is 12.6. The average molecular weight is 347 g/mol. The van der Waals surface area contributed by atoms with Crippen LogP contribution in [0.15, 0.2) is 42.5 Å². The minimum absolute atomic E-state index is 0.200. The molecule has 0 amide bonds. The van der Waals surface area contributed by atoms with Crippen molar-refractivity contribution in [3.63, 3.8) is 0 Å². The van der Waals surface area contributed by atoms with Crippen LogP contribution in [0.4, 0.5) is 0 Å². The van der Waals surface area contributed by atoms with Crippen LogP contribution in [-0.4, -0.2) is 23.3 Å². The molecule has 0 aliphatic carbocycles. The van der Waals surface area contributed by atoms with Gasteiger partial charge in [-0.3, -0.25) is 9.78 Å². The van der Waals surface area contributed by atoms with Gasteiger partial charge in [-0.25, -0.2) is 4.79 Å². The second-order valence-corrected chi connectivity index (χ2v) is 6.58. The average Bonchev–Trinajstić information content (AvgIpc) is 2.61. The predicted octanol–water partition coefficient (Wildman–Crippen LogP) is 4.51. The minimum atomic E-state index is -0.512. The fourth-order valence-corrected chi connectivity index (χ4v) is 3.02. The number of hydrogen-bond acceptors (Lipinski definition) is 4. The molecule has 3 rings (SSSR count). The first-order valence-corrected chi connectivity index (χ1v) is 8.51. The number of carbonyl (C=O) groups is 2. The third kappa shape index (κ3) is 3.49. The number of aryl methyl sites for hydroxylation is 4. The molecule has 1 heterocycles. The van der Waals surface area contributed by atoms with Crippen LogP contribution in [0.2, 0.25) is 0 Å². The number of esters is 1. The zero-order valence-corrected chi connectivity index (χ0v) is 15.4. The van der Waals surface area contributed by atoms with Gasteiger partial charge in [0.15, 0.2) is 6.61 Å². The van der Waals surface area contributed by atoms with Crippen LogP contribution < -0.4 is 0 Å². The summed E-state index contributed by atoms with van der Waals surface area (Å²) in [5.41, 5.74) is 5.55. The Labute approximate surface area is 152 Å². The molecule has 0 bridgehead atoms. The molecule has 132 valence electrons. The standard InChI is InChI=1S/C22H21NO3/c1-13-9-15(3)18(10-14(13)2)21(24)12-26-22(25)19-11-16(4)23-20-8-6-5-7-17(19)20/h5-11H,12H2,1-4H3. The topological polar surface area (TPSA) is 56.3 Å². The van der Waals surface area contributed by atoms with Crippen molar-refractivity contribution >= 4 is 22.7 Å². The minimum Gasteiger partial charge on any atom is -0.454 e. The van der Waals surface area contributed by atoms with Crippen molar-refractivity contribution in [3.8, 4) is 0 Å². The van der Waals surface area contributed by atoms with Crippen LogP contribution in [-0.2, 0) is 4.74 Å². The number of Topliss-reactive ketones (excluding diaryl/α,β-unsaturated/α-hetero) is 1. The Morgan fingerprint density at radius 2 is 1.58 bits per heavy atom. The molecule has 0 spiro atoms. The summed E-state index contributed by atoms with van der Waals surface area (Å²) in [6, 6.07) is 12.9. The van der Waals surface area contributed by atoms with E-state index >= 15 is 0 Å². The number of benzene rings is 2. The highest BCUT2D eigenvalue weighted by molar-refractivity contribution is 6.05. The van der Waals surface area contributed by atoms with E-state index in [1.165, 1.54) is 0 Å². The van der Waals surface area contributed by atoms with Crippen LogP contribution in [0.5, 0.6) is 0 Å². The van der Waals surface area contributed by atoms with Gasteiger partial charge in [0, 0.05) is 16.6 Å². The third-order valence-corrected chi connectivity index (χ3v) is 4.54. The molecule has 0 radical (unpaired) electrons.